The molecule has 1 aromatic rings. The first-order valence-electron chi connectivity index (χ1n) is 7.09. The van der Waals surface area contributed by atoms with E-state index in [1.807, 2.05) is 6.07 Å². The minimum Gasteiger partial charge on any atom is -0.465 e. The SMILES string of the molecule is COC(=O)c1ccc(C#CCCOCCCC#CCCO)s1. The Morgan fingerprint density at radius 1 is 1.18 bits per heavy atom. The summed E-state index contributed by atoms with van der Waals surface area (Å²) >= 11 is 1.32. The van der Waals surface area contributed by atoms with Gasteiger partial charge in [0.05, 0.1) is 25.2 Å². The van der Waals surface area contributed by atoms with Crippen molar-refractivity contribution in [3.63, 3.8) is 0 Å². The number of hydrogen-bond donors (Lipinski definition) is 1. The monoisotopic (exact) mass is 320 g/mol. The molecular formula is C17H20O4S. The third kappa shape index (κ3) is 7.85. The minimum atomic E-state index is -0.330. The van der Waals surface area contributed by atoms with E-state index in [1.165, 1.54) is 18.4 Å². The van der Waals surface area contributed by atoms with Gasteiger partial charge in [0, 0.05) is 25.9 Å². The lowest BCUT2D eigenvalue weighted by atomic mass is 10.3. The van der Waals surface area contributed by atoms with Crippen molar-refractivity contribution >= 4 is 17.3 Å². The third-order valence-corrected chi connectivity index (χ3v) is 3.51. The second-order valence-electron chi connectivity index (χ2n) is 4.25. The van der Waals surface area contributed by atoms with E-state index in [-0.39, 0.29) is 12.6 Å². The molecule has 5 heteroatoms. The van der Waals surface area contributed by atoms with Crippen LogP contribution in [0.1, 0.15) is 40.2 Å². The number of esters is 1. The zero-order chi connectivity index (χ0) is 16.0. The number of unbranched alkanes of at least 4 members (excludes halogenated alkanes) is 1. The van der Waals surface area contributed by atoms with Crippen molar-refractivity contribution in [1.29, 1.82) is 0 Å². The minimum absolute atomic E-state index is 0.119. The molecule has 0 saturated heterocycles. The first kappa shape index (κ1) is 18.3. The molecule has 0 radical (unpaired) electrons. The van der Waals surface area contributed by atoms with Crippen LogP contribution in [0.5, 0.6) is 0 Å². The Balaban J connectivity index is 2.12. The molecule has 0 aliphatic rings. The Morgan fingerprint density at radius 2 is 2.00 bits per heavy atom. The molecule has 1 rings (SSSR count). The summed E-state index contributed by atoms with van der Waals surface area (Å²) in [6.07, 6.45) is 2.87. The van der Waals surface area contributed by atoms with Crippen molar-refractivity contribution < 1.29 is 19.4 Å². The highest BCUT2D eigenvalue weighted by Crippen LogP contribution is 2.16. The summed E-state index contributed by atoms with van der Waals surface area (Å²) in [6.45, 7) is 1.38. The van der Waals surface area contributed by atoms with Gasteiger partial charge in [-0.1, -0.05) is 11.8 Å². The predicted molar refractivity (Wildman–Crippen MR) is 86.7 cm³/mol. The van der Waals surface area contributed by atoms with Crippen LogP contribution in [0.2, 0.25) is 0 Å². The molecule has 4 nitrogen and oxygen atoms in total. The van der Waals surface area contributed by atoms with Crippen molar-refractivity contribution in [3.05, 3.63) is 21.9 Å². The van der Waals surface area contributed by atoms with Gasteiger partial charge in [-0.3, -0.25) is 0 Å². The molecule has 22 heavy (non-hydrogen) atoms. The topological polar surface area (TPSA) is 55.8 Å². The molecule has 1 aromatic heterocycles. The van der Waals surface area contributed by atoms with E-state index in [4.69, 9.17) is 9.84 Å². The maximum atomic E-state index is 11.3. The van der Waals surface area contributed by atoms with Gasteiger partial charge in [-0.15, -0.1) is 23.2 Å². The molecule has 0 aliphatic carbocycles. The van der Waals surface area contributed by atoms with Gasteiger partial charge in [0.2, 0.25) is 0 Å². The first-order valence-corrected chi connectivity index (χ1v) is 7.91. The van der Waals surface area contributed by atoms with Crippen LogP contribution in [-0.2, 0) is 9.47 Å². The van der Waals surface area contributed by atoms with E-state index in [0.29, 0.717) is 30.9 Å². The zero-order valence-corrected chi connectivity index (χ0v) is 13.5. The zero-order valence-electron chi connectivity index (χ0n) is 12.7. The lowest BCUT2D eigenvalue weighted by molar-refractivity contribution is 0.0606. The highest BCUT2D eigenvalue weighted by molar-refractivity contribution is 7.14. The number of aliphatic hydroxyl groups excluding tert-OH is 1. The van der Waals surface area contributed by atoms with Crippen LogP contribution in [0.3, 0.4) is 0 Å². The molecule has 0 spiro atoms. The van der Waals surface area contributed by atoms with Crippen molar-refractivity contribution in [1.82, 2.24) is 0 Å². The van der Waals surface area contributed by atoms with E-state index in [0.717, 1.165) is 17.7 Å². The average molecular weight is 320 g/mol. The Morgan fingerprint density at radius 3 is 2.77 bits per heavy atom. The van der Waals surface area contributed by atoms with E-state index >= 15 is 0 Å². The molecule has 0 atom stereocenters. The number of carbonyl (C=O) groups excluding carboxylic acids is 1. The van der Waals surface area contributed by atoms with Gasteiger partial charge < -0.3 is 14.6 Å². The van der Waals surface area contributed by atoms with Crippen molar-refractivity contribution in [3.8, 4) is 23.7 Å². The number of rotatable bonds is 7. The van der Waals surface area contributed by atoms with Crippen molar-refractivity contribution in [2.24, 2.45) is 0 Å². The van der Waals surface area contributed by atoms with E-state index in [9.17, 15) is 4.79 Å². The first-order chi connectivity index (χ1) is 10.8. The molecule has 0 aliphatic heterocycles. The van der Waals surface area contributed by atoms with Gasteiger partial charge in [0.1, 0.15) is 4.88 Å². The van der Waals surface area contributed by atoms with Crippen LogP contribution in [0.25, 0.3) is 0 Å². The standard InChI is InChI=1S/C17H20O4S/c1-20-17(19)16-11-10-15(22-16)9-5-8-14-21-13-7-4-2-3-6-12-18/h10-11,18H,4,6-8,12-14H2,1H3. The summed E-state index contributed by atoms with van der Waals surface area (Å²) in [4.78, 5) is 12.7. The number of methoxy groups -OCH3 is 1. The number of hydrogen-bond acceptors (Lipinski definition) is 5. The molecule has 0 unspecified atom stereocenters. The number of aliphatic hydroxyl groups is 1. The maximum absolute atomic E-state index is 11.3. The summed E-state index contributed by atoms with van der Waals surface area (Å²) in [5.41, 5.74) is 0. The molecule has 1 N–H and O–H groups in total. The van der Waals surface area contributed by atoms with Crippen LogP contribution in [0, 0.1) is 23.7 Å². The largest absolute Gasteiger partial charge is 0.465 e. The van der Waals surface area contributed by atoms with Gasteiger partial charge in [-0.25, -0.2) is 4.79 Å². The molecule has 0 aromatic carbocycles. The second-order valence-corrected chi connectivity index (χ2v) is 5.33. The fraction of sp³-hybridized carbons (Fsp3) is 0.471. The van der Waals surface area contributed by atoms with Crippen LogP contribution >= 0.6 is 11.3 Å². The molecule has 0 amide bonds. The number of carbonyl (C=O) groups is 1. The fourth-order valence-corrected chi connectivity index (χ4v) is 2.28. The summed E-state index contributed by atoms with van der Waals surface area (Å²) < 4.78 is 10.1. The van der Waals surface area contributed by atoms with Crippen molar-refractivity contribution in [2.75, 3.05) is 26.9 Å². The molecule has 118 valence electrons. The normalized spacial score (nSPS) is 9.36. The quantitative estimate of drug-likeness (QED) is 0.476. The third-order valence-electron chi connectivity index (χ3n) is 2.53. The summed E-state index contributed by atoms with van der Waals surface area (Å²) in [7, 11) is 1.36. The van der Waals surface area contributed by atoms with Crippen LogP contribution < -0.4 is 0 Å². The van der Waals surface area contributed by atoms with Gasteiger partial charge in [0.15, 0.2) is 0 Å². The summed E-state index contributed by atoms with van der Waals surface area (Å²) in [6, 6.07) is 3.53. The Labute approximate surface area is 135 Å². The van der Waals surface area contributed by atoms with Gasteiger partial charge >= 0.3 is 5.97 Å². The summed E-state index contributed by atoms with van der Waals surface area (Å²) in [5.74, 6) is 11.5. The molecule has 0 bridgehead atoms. The van der Waals surface area contributed by atoms with Crippen LogP contribution in [-0.4, -0.2) is 38.0 Å². The van der Waals surface area contributed by atoms with E-state index < -0.39 is 0 Å². The Kier molecular flexibility index (Phi) is 9.81. The van der Waals surface area contributed by atoms with E-state index in [2.05, 4.69) is 28.4 Å². The molecule has 1 heterocycles. The lowest BCUT2D eigenvalue weighted by Crippen LogP contribution is -1.96. The molecular weight excluding hydrogens is 300 g/mol. The molecule has 0 fully saturated rings. The van der Waals surface area contributed by atoms with Crippen molar-refractivity contribution in [2.45, 2.75) is 25.7 Å². The Hall–Kier alpha value is -1.79. The predicted octanol–water partition coefficient (Wildman–Crippen LogP) is 2.46. The number of ether oxygens (including phenoxy) is 2. The highest BCUT2D eigenvalue weighted by Gasteiger charge is 2.07. The highest BCUT2D eigenvalue weighted by atomic mass is 32.1. The van der Waals surface area contributed by atoms with Crippen LogP contribution in [0.15, 0.2) is 12.1 Å². The van der Waals surface area contributed by atoms with Gasteiger partial charge in [-0.2, -0.15) is 0 Å². The van der Waals surface area contributed by atoms with Crippen LogP contribution in [0.4, 0.5) is 0 Å². The van der Waals surface area contributed by atoms with Gasteiger partial charge in [0.25, 0.3) is 0 Å². The number of thiophene rings is 1. The van der Waals surface area contributed by atoms with Gasteiger partial charge in [-0.05, 0) is 18.6 Å². The maximum Gasteiger partial charge on any atom is 0.348 e. The van der Waals surface area contributed by atoms with E-state index in [1.54, 1.807) is 6.07 Å². The summed E-state index contributed by atoms with van der Waals surface area (Å²) in [5, 5.41) is 8.55. The smallest absolute Gasteiger partial charge is 0.348 e. The fourth-order valence-electron chi connectivity index (χ4n) is 1.49. The lowest BCUT2D eigenvalue weighted by Gasteiger charge is -1.98. The second kappa shape index (κ2) is 11.8. The molecule has 0 saturated carbocycles. The Bertz CT molecular complexity index is 569. The average Bonchev–Trinajstić information content (AvgIpc) is 3.00.